The molecule has 1 saturated carbocycles. The summed E-state index contributed by atoms with van der Waals surface area (Å²) in [7, 11) is 3.52. The van der Waals surface area contributed by atoms with Crippen LogP contribution in [0.1, 0.15) is 56.1 Å². The van der Waals surface area contributed by atoms with E-state index in [1.807, 2.05) is 68.3 Å². The average molecular weight is 508 g/mol. The van der Waals surface area contributed by atoms with Gasteiger partial charge in [-0.1, -0.05) is 18.2 Å². The fourth-order valence-electron chi connectivity index (χ4n) is 4.32. The van der Waals surface area contributed by atoms with Crippen LogP contribution in [0.15, 0.2) is 64.8 Å². The predicted molar refractivity (Wildman–Crippen MR) is 150 cm³/mol. The smallest absolute Gasteiger partial charge is 0.251 e. The number of amides is 1. The number of carbonyl (C=O) groups excluding carboxylic acids is 2. The lowest BCUT2D eigenvalue weighted by molar-refractivity contribution is 0.0950. The first-order valence-electron chi connectivity index (χ1n) is 12.5. The molecule has 0 spiro atoms. The van der Waals surface area contributed by atoms with E-state index in [0.717, 1.165) is 35.2 Å². The molecule has 5 rings (SSSR count). The van der Waals surface area contributed by atoms with Gasteiger partial charge in [0, 0.05) is 43.1 Å². The predicted octanol–water partition coefficient (Wildman–Crippen LogP) is 4.24. The van der Waals surface area contributed by atoms with Crippen molar-refractivity contribution >= 4 is 40.6 Å². The molecular weight excluding hydrogens is 478 g/mol. The van der Waals surface area contributed by atoms with E-state index in [4.69, 9.17) is 0 Å². The standard InChI is InChI=1S/C29H29N7O2/c1-17-9-10-19(29(38)34-20-11-12-20)13-25(17)36(4)28(33-16-30-3)26-18(2)21(14-32-26)27(37)24-15-31-22-7-5-6-8-23(22)35-24/h5-10,13-16,20,32H,11-12H2,1-4H3,(H,34,38)/b30-16-,33-28+. The van der Waals surface area contributed by atoms with E-state index in [1.165, 1.54) is 12.5 Å². The minimum atomic E-state index is -0.232. The molecule has 2 N–H and O–H groups in total. The topological polar surface area (TPSA) is 116 Å². The number of aliphatic imine (C=N–C) groups is 2. The van der Waals surface area contributed by atoms with Gasteiger partial charge in [0.25, 0.3) is 5.91 Å². The number of fused-ring (bicyclic) bond motifs is 1. The minimum absolute atomic E-state index is 0.0869. The summed E-state index contributed by atoms with van der Waals surface area (Å²) in [6.07, 6.45) is 6.68. The Morgan fingerprint density at radius 1 is 1.13 bits per heavy atom. The van der Waals surface area contributed by atoms with Gasteiger partial charge in [0.15, 0.2) is 5.84 Å². The molecule has 0 bridgehead atoms. The number of amidine groups is 1. The van der Waals surface area contributed by atoms with E-state index in [2.05, 4.69) is 30.3 Å². The van der Waals surface area contributed by atoms with Crippen LogP contribution in [-0.4, -0.2) is 59.0 Å². The van der Waals surface area contributed by atoms with E-state index in [-0.39, 0.29) is 23.4 Å². The molecule has 9 nitrogen and oxygen atoms in total. The summed E-state index contributed by atoms with van der Waals surface area (Å²) >= 11 is 0. The Morgan fingerprint density at radius 3 is 2.63 bits per heavy atom. The van der Waals surface area contributed by atoms with E-state index in [1.54, 1.807) is 13.2 Å². The van der Waals surface area contributed by atoms with Gasteiger partial charge < -0.3 is 15.2 Å². The van der Waals surface area contributed by atoms with Crippen molar-refractivity contribution in [3.05, 3.63) is 88.5 Å². The van der Waals surface area contributed by atoms with Gasteiger partial charge in [-0.3, -0.25) is 19.6 Å². The normalized spacial score (nSPS) is 13.7. The number of H-pyrrole nitrogens is 1. The number of rotatable bonds is 7. The molecule has 0 unspecified atom stereocenters. The number of aromatic amines is 1. The van der Waals surface area contributed by atoms with Gasteiger partial charge in [-0.25, -0.2) is 9.98 Å². The second-order valence-electron chi connectivity index (χ2n) is 9.41. The van der Waals surface area contributed by atoms with E-state index in [9.17, 15) is 9.59 Å². The third-order valence-electron chi connectivity index (χ3n) is 6.65. The van der Waals surface area contributed by atoms with Crippen LogP contribution in [0.4, 0.5) is 5.69 Å². The maximum atomic E-state index is 13.4. The van der Waals surface area contributed by atoms with Gasteiger partial charge in [0.2, 0.25) is 5.78 Å². The first kappa shape index (κ1) is 25.0. The van der Waals surface area contributed by atoms with Gasteiger partial charge in [0.1, 0.15) is 12.0 Å². The number of ketones is 1. The fourth-order valence-corrected chi connectivity index (χ4v) is 4.32. The van der Waals surface area contributed by atoms with Crippen molar-refractivity contribution in [1.29, 1.82) is 0 Å². The number of aromatic nitrogens is 3. The van der Waals surface area contributed by atoms with Crippen molar-refractivity contribution < 1.29 is 9.59 Å². The lowest BCUT2D eigenvalue weighted by Gasteiger charge is -2.23. The van der Waals surface area contributed by atoms with Crippen molar-refractivity contribution in [2.45, 2.75) is 32.7 Å². The average Bonchev–Trinajstić information content (AvgIpc) is 3.67. The number of carbonyl (C=O) groups is 2. The molecule has 2 heterocycles. The Kier molecular flexibility index (Phi) is 6.83. The highest BCUT2D eigenvalue weighted by atomic mass is 16.1. The Hall–Kier alpha value is -4.66. The van der Waals surface area contributed by atoms with Crippen LogP contribution in [0.2, 0.25) is 0 Å². The summed E-state index contributed by atoms with van der Waals surface area (Å²) in [5.41, 5.74) is 5.90. The molecule has 1 amide bonds. The zero-order valence-corrected chi connectivity index (χ0v) is 21.8. The monoisotopic (exact) mass is 507 g/mol. The van der Waals surface area contributed by atoms with Crippen molar-refractivity contribution in [1.82, 2.24) is 20.3 Å². The second kappa shape index (κ2) is 10.4. The van der Waals surface area contributed by atoms with Gasteiger partial charge in [-0.15, -0.1) is 0 Å². The highest BCUT2D eigenvalue weighted by Gasteiger charge is 2.26. The molecule has 0 aliphatic heterocycles. The molecule has 1 aliphatic rings. The molecule has 192 valence electrons. The molecule has 1 aliphatic carbocycles. The third kappa shape index (κ3) is 4.95. The van der Waals surface area contributed by atoms with Crippen LogP contribution in [0.25, 0.3) is 11.0 Å². The molecule has 2 aromatic carbocycles. The van der Waals surface area contributed by atoms with Crippen LogP contribution in [0.5, 0.6) is 0 Å². The van der Waals surface area contributed by atoms with Crippen LogP contribution < -0.4 is 10.2 Å². The van der Waals surface area contributed by atoms with Gasteiger partial charge in [-0.2, -0.15) is 0 Å². The molecule has 0 radical (unpaired) electrons. The number of hydrogen-bond donors (Lipinski definition) is 2. The first-order valence-corrected chi connectivity index (χ1v) is 12.5. The van der Waals surface area contributed by atoms with Crippen LogP contribution in [0, 0.1) is 13.8 Å². The van der Waals surface area contributed by atoms with Crippen molar-refractivity contribution in [2.75, 3.05) is 19.0 Å². The molecule has 4 aromatic rings. The Bertz CT molecular complexity index is 1600. The number of anilines is 1. The molecule has 2 aromatic heterocycles. The fraction of sp³-hybridized carbons (Fsp3) is 0.241. The zero-order chi connectivity index (χ0) is 26.8. The lowest BCUT2D eigenvalue weighted by atomic mass is 10.0. The molecule has 9 heteroatoms. The summed E-state index contributed by atoms with van der Waals surface area (Å²) in [6, 6.07) is 13.3. The Balaban J connectivity index is 1.49. The number of aryl methyl sites for hydroxylation is 1. The summed E-state index contributed by atoms with van der Waals surface area (Å²) in [4.78, 5) is 48.8. The summed E-state index contributed by atoms with van der Waals surface area (Å²) in [5.74, 6) is 0.236. The van der Waals surface area contributed by atoms with Gasteiger partial charge >= 0.3 is 0 Å². The van der Waals surface area contributed by atoms with Crippen LogP contribution >= 0.6 is 0 Å². The van der Waals surface area contributed by atoms with E-state index in [0.29, 0.717) is 28.2 Å². The molecule has 1 fully saturated rings. The second-order valence-corrected chi connectivity index (χ2v) is 9.41. The van der Waals surface area contributed by atoms with E-state index < -0.39 is 0 Å². The highest BCUT2D eigenvalue weighted by molar-refractivity contribution is 6.16. The SMILES string of the molecule is C/N=C\N=C(/c1[nH]cc(C(=O)c2cnc3ccccc3n2)c1C)N(C)c1cc(C(=O)NC2CC2)ccc1C. The minimum Gasteiger partial charge on any atom is -0.358 e. The summed E-state index contributed by atoms with van der Waals surface area (Å²) in [6.45, 7) is 3.85. The number of para-hydroxylation sites is 2. The zero-order valence-electron chi connectivity index (χ0n) is 21.8. The van der Waals surface area contributed by atoms with E-state index >= 15 is 0 Å². The van der Waals surface area contributed by atoms with Crippen LogP contribution in [-0.2, 0) is 0 Å². The summed E-state index contributed by atoms with van der Waals surface area (Å²) < 4.78 is 0. The maximum Gasteiger partial charge on any atom is 0.251 e. The lowest BCUT2D eigenvalue weighted by Crippen LogP contribution is -2.30. The highest BCUT2D eigenvalue weighted by Crippen LogP contribution is 2.26. The molecule has 0 atom stereocenters. The Labute approximate surface area is 220 Å². The number of nitrogens with zero attached hydrogens (tertiary/aromatic N) is 5. The quantitative estimate of drug-likeness (QED) is 0.221. The largest absolute Gasteiger partial charge is 0.358 e. The summed E-state index contributed by atoms with van der Waals surface area (Å²) in [5, 5.41) is 3.04. The molecular formula is C29H29N7O2. The molecule has 0 saturated heterocycles. The maximum absolute atomic E-state index is 13.4. The Morgan fingerprint density at radius 2 is 1.89 bits per heavy atom. The number of hydrogen-bond acceptors (Lipinski definition) is 5. The first-order chi connectivity index (χ1) is 18.4. The van der Waals surface area contributed by atoms with Gasteiger partial charge in [0.05, 0.1) is 22.9 Å². The third-order valence-corrected chi connectivity index (χ3v) is 6.65. The van der Waals surface area contributed by atoms with Crippen LogP contribution in [0.3, 0.4) is 0 Å². The van der Waals surface area contributed by atoms with Crippen molar-refractivity contribution in [3.8, 4) is 0 Å². The number of benzene rings is 2. The van der Waals surface area contributed by atoms with Crippen molar-refractivity contribution in [3.63, 3.8) is 0 Å². The van der Waals surface area contributed by atoms with Crippen molar-refractivity contribution in [2.24, 2.45) is 9.98 Å². The van der Waals surface area contributed by atoms with Gasteiger partial charge in [-0.05, 0) is 62.1 Å². The molecule has 38 heavy (non-hydrogen) atoms. The number of nitrogens with one attached hydrogen (secondary N) is 2.